The fourth-order valence-electron chi connectivity index (χ4n) is 2.59. The second-order valence-corrected chi connectivity index (χ2v) is 7.14. The van der Waals surface area contributed by atoms with Crippen LogP contribution < -0.4 is 15.7 Å². The molecule has 2 aromatic carbocycles. The quantitative estimate of drug-likeness (QED) is 0.546. The Morgan fingerprint density at radius 3 is 2.65 bits per heavy atom. The third-order valence-electron chi connectivity index (χ3n) is 3.81. The average molecular weight is 382 g/mol. The Balaban J connectivity index is 1.83. The van der Waals surface area contributed by atoms with Crippen molar-refractivity contribution in [3.8, 4) is 0 Å². The van der Waals surface area contributed by atoms with E-state index in [0.717, 1.165) is 22.5 Å². The summed E-state index contributed by atoms with van der Waals surface area (Å²) in [5.74, 6) is 0. The Labute approximate surface area is 156 Å². The molecule has 0 N–H and O–H groups in total. The largest absolute Gasteiger partial charge is 0.296 e. The highest BCUT2D eigenvalue weighted by atomic mass is 35.5. The van der Waals surface area contributed by atoms with Crippen LogP contribution in [0.5, 0.6) is 0 Å². The van der Waals surface area contributed by atoms with Crippen LogP contribution in [-0.2, 0) is 6.42 Å². The normalized spacial score (nSPS) is 12.0. The molecule has 2 aromatic heterocycles. The molecule has 128 valence electrons. The van der Waals surface area contributed by atoms with Crippen LogP contribution >= 0.6 is 22.9 Å². The van der Waals surface area contributed by atoms with E-state index in [2.05, 4.69) is 10.1 Å². The fourth-order valence-corrected chi connectivity index (χ4v) is 3.69. The zero-order valence-corrected chi connectivity index (χ0v) is 15.0. The van der Waals surface area contributed by atoms with Gasteiger partial charge in [-0.05, 0) is 29.3 Å². The number of halogens is 1. The van der Waals surface area contributed by atoms with Crippen LogP contribution in [0.4, 0.5) is 0 Å². The number of rotatable bonds is 3. The lowest BCUT2D eigenvalue weighted by atomic mass is 10.1. The molecule has 26 heavy (non-hydrogen) atoms. The summed E-state index contributed by atoms with van der Waals surface area (Å²) in [6, 6.07) is 16.7. The van der Waals surface area contributed by atoms with Crippen LogP contribution in [0.15, 0.2) is 64.2 Å². The highest BCUT2D eigenvalue weighted by Crippen LogP contribution is 2.11. The Hall–Kier alpha value is -2.83. The van der Waals surface area contributed by atoms with E-state index in [1.165, 1.54) is 4.52 Å². The van der Waals surface area contributed by atoms with Gasteiger partial charge >= 0.3 is 0 Å². The summed E-state index contributed by atoms with van der Waals surface area (Å²) in [5, 5.41) is 4.83. The number of fused-ring (bicyclic) bond motifs is 1. The van der Waals surface area contributed by atoms with Crippen LogP contribution in [0, 0.1) is 0 Å². The molecule has 2 heterocycles. The predicted molar refractivity (Wildman–Crippen MR) is 103 cm³/mol. The van der Waals surface area contributed by atoms with Gasteiger partial charge in [-0.15, -0.1) is 0 Å². The zero-order valence-electron chi connectivity index (χ0n) is 13.4. The van der Waals surface area contributed by atoms with E-state index < -0.39 is 5.56 Å². The van der Waals surface area contributed by atoms with Crippen molar-refractivity contribution in [2.24, 2.45) is 0 Å². The van der Waals surface area contributed by atoms with Crippen LogP contribution in [-0.4, -0.2) is 14.6 Å². The van der Waals surface area contributed by atoms with Gasteiger partial charge in [0.2, 0.25) is 4.96 Å². The standard InChI is InChI=1S/C19H12ClN3O2S/c20-14-8-4-7-13(9-14)11-16-18(25)23-19(26-16)21-17(24)15(22-23)10-12-5-2-1-3-6-12/h1-9,11H,10H2/b16-11-. The molecular formula is C19H12ClN3O2S. The monoisotopic (exact) mass is 381 g/mol. The van der Waals surface area contributed by atoms with E-state index >= 15 is 0 Å². The van der Waals surface area contributed by atoms with Gasteiger partial charge in [0.1, 0.15) is 5.69 Å². The number of aromatic nitrogens is 3. The highest BCUT2D eigenvalue weighted by Gasteiger charge is 2.11. The van der Waals surface area contributed by atoms with Crippen molar-refractivity contribution in [1.29, 1.82) is 0 Å². The average Bonchev–Trinajstić information content (AvgIpc) is 2.91. The maximum Gasteiger partial charge on any atom is 0.296 e. The first-order valence-electron chi connectivity index (χ1n) is 7.84. The maximum atomic E-state index is 12.6. The topological polar surface area (TPSA) is 64.3 Å². The van der Waals surface area contributed by atoms with E-state index in [-0.39, 0.29) is 16.2 Å². The van der Waals surface area contributed by atoms with Crippen LogP contribution in [0.3, 0.4) is 0 Å². The minimum absolute atomic E-state index is 0.248. The van der Waals surface area contributed by atoms with Gasteiger partial charge in [-0.3, -0.25) is 9.59 Å². The first-order chi connectivity index (χ1) is 12.6. The molecule has 0 aliphatic heterocycles. The third-order valence-corrected chi connectivity index (χ3v) is 5.01. The third kappa shape index (κ3) is 3.29. The second kappa shape index (κ2) is 6.82. The number of hydrogen-bond acceptors (Lipinski definition) is 5. The van der Waals surface area contributed by atoms with Gasteiger partial charge in [-0.25, -0.2) is 0 Å². The fraction of sp³-hybridized carbons (Fsp3) is 0.0526. The molecule has 0 radical (unpaired) electrons. The summed E-state index contributed by atoms with van der Waals surface area (Å²) < 4.78 is 1.64. The molecular weight excluding hydrogens is 370 g/mol. The van der Waals surface area contributed by atoms with E-state index in [1.54, 1.807) is 18.2 Å². The van der Waals surface area contributed by atoms with Crippen LogP contribution in [0.25, 0.3) is 11.0 Å². The lowest BCUT2D eigenvalue weighted by Crippen LogP contribution is -2.28. The first kappa shape index (κ1) is 16.6. The summed E-state index contributed by atoms with van der Waals surface area (Å²) in [4.78, 5) is 29.2. The van der Waals surface area contributed by atoms with Gasteiger partial charge in [0.15, 0.2) is 0 Å². The van der Waals surface area contributed by atoms with Crippen molar-refractivity contribution in [2.45, 2.75) is 6.42 Å². The zero-order chi connectivity index (χ0) is 18.1. The van der Waals surface area contributed by atoms with Gasteiger partial charge in [-0.1, -0.05) is 65.4 Å². The SMILES string of the molecule is O=c1nc2s/c(=C\c3cccc(Cl)c3)c(=O)n2nc1Cc1ccccc1. The number of benzene rings is 2. The molecule has 0 spiro atoms. The first-order valence-corrected chi connectivity index (χ1v) is 9.03. The number of hydrogen-bond donors (Lipinski definition) is 0. The maximum absolute atomic E-state index is 12.6. The Morgan fingerprint density at radius 1 is 1.08 bits per heavy atom. The van der Waals surface area contributed by atoms with Crippen molar-refractivity contribution >= 4 is 34.0 Å². The molecule has 4 aromatic rings. The van der Waals surface area contributed by atoms with Crippen molar-refractivity contribution in [1.82, 2.24) is 14.6 Å². The number of nitrogens with zero attached hydrogens (tertiary/aromatic N) is 3. The molecule has 0 amide bonds. The summed E-state index contributed by atoms with van der Waals surface area (Å²) in [6.45, 7) is 0. The molecule has 0 saturated carbocycles. The van der Waals surface area contributed by atoms with Crippen LogP contribution in [0.1, 0.15) is 16.8 Å². The predicted octanol–water partition coefficient (Wildman–Crippen LogP) is 2.30. The molecule has 0 unspecified atom stereocenters. The van der Waals surface area contributed by atoms with Gasteiger partial charge in [-0.2, -0.15) is 14.6 Å². The summed E-state index contributed by atoms with van der Waals surface area (Å²) in [6.07, 6.45) is 2.05. The van der Waals surface area contributed by atoms with E-state index in [0.29, 0.717) is 16.0 Å². The smallest absolute Gasteiger partial charge is 0.266 e. The number of thiazole rings is 1. The van der Waals surface area contributed by atoms with Gasteiger partial charge in [0.25, 0.3) is 11.1 Å². The Bertz CT molecular complexity index is 1270. The van der Waals surface area contributed by atoms with Gasteiger partial charge in [0.05, 0.1) is 4.53 Å². The van der Waals surface area contributed by atoms with Crippen molar-refractivity contribution < 1.29 is 0 Å². The molecule has 5 nitrogen and oxygen atoms in total. The van der Waals surface area contributed by atoms with E-state index in [9.17, 15) is 9.59 Å². The van der Waals surface area contributed by atoms with Gasteiger partial charge in [0, 0.05) is 11.4 Å². The Kier molecular flexibility index (Phi) is 4.36. The van der Waals surface area contributed by atoms with E-state index in [1.807, 2.05) is 42.5 Å². The lowest BCUT2D eigenvalue weighted by Gasteiger charge is -1.99. The van der Waals surface area contributed by atoms with Crippen molar-refractivity contribution in [2.75, 3.05) is 0 Å². The molecule has 0 aliphatic rings. The van der Waals surface area contributed by atoms with E-state index in [4.69, 9.17) is 11.6 Å². The minimum atomic E-state index is -0.413. The van der Waals surface area contributed by atoms with Crippen molar-refractivity contribution in [3.63, 3.8) is 0 Å². The second-order valence-electron chi connectivity index (χ2n) is 5.69. The summed E-state index contributed by atoms with van der Waals surface area (Å²) >= 11 is 7.11. The molecule has 0 aliphatic carbocycles. The molecule has 7 heteroatoms. The van der Waals surface area contributed by atoms with Crippen molar-refractivity contribution in [3.05, 3.63) is 102 Å². The van der Waals surface area contributed by atoms with Gasteiger partial charge < -0.3 is 0 Å². The van der Waals surface area contributed by atoms with Crippen LogP contribution in [0.2, 0.25) is 5.02 Å². The molecule has 0 fully saturated rings. The molecule has 0 atom stereocenters. The Morgan fingerprint density at radius 2 is 1.88 bits per heavy atom. The molecule has 0 bridgehead atoms. The minimum Gasteiger partial charge on any atom is -0.266 e. The molecule has 0 saturated heterocycles. The summed E-state index contributed by atoms with van der Waals surface area (Å²) in [7, 11) is 0. The summed E-state index contributed by atoms with van der Waals surface area (Å²) in [5.41, 5.74) is 1.27. The lowest BCUT2D eigenvalue weighted by molar-refractivity contribution is 0.811. The highest BCUT2D eigenvalue weighted by molar-refractivity contribution is 7.15. The molecule has 4 rings (SSSR count).